The summed E-state index contributed by atoms with van der Waals surface area (Å²) in [5.41, 5.74) is 0.949. The van der Waals surface area contributed by atoms with Gasteiger partial charge in [-0.1, -0.05) is 19.1 Å². The fourth-order valence-corrected chi connectivity index (χ4v) is 2.63. The molecule has 2 heterocycles. The Balaban J connectivity index is 0.00000225. The van der Waals surface area contributed by atoms with Gasteiger partial charge in [0.05, 0.1) is 6.33 Å². The molecule has 3 aromatic rings. The minimum Gasteiger partial charge on any atom is -0.448 e. The van der Waals surface area contributed by atoms with Crippen molar-refractivity contribution >= 4 is 40.4 Å². The second-order valence-corrected chi connectivity index (χ2v) is 5.72. The number of likely N-dealkylation sites (N-methyl/N-ethyl adjacent to an activating group) is 1. The first-order valence-corrected chi connectivity index (χ1v) is 7.97. The Bertz CT molecular complexity index is 934. The van der Waals surface area contributed by atoms with Gasteiger partial charge in [0, 0.05) is 18.0 Å². The Morgan fingerprint density at radius 2 is 2.12 bits per heavy atom. The number of carbonyl (C=O) groups is 1. The van der Waals surface area contributed by atoms with Gasteiger partial charge in [-0.2, -0.15) is 0 Å². The van der Waals surface area contributed by atoms with Crippen molar-refractivity contribution in [1.82, 2.24) is 20.2 Å². The summed E-state index contributed by atoms with van der Waals surface area (Å²) in [5.74, 6) is -0.237. The van der Waals surface area contributed by atoms with Crippen molar-refractivity contribution < 1.29 is 9.21 Å². The van der Waals surface area contributed by atoms with E-state index in [1.165, 1.54) is 10.9 Å². The lowest BCUT2D eigenvalue weighted by atomic mass is 10.2. The molecule has 1 amide bonds. The number of para-hydroxylation sites is 1. The van der Waals surface area contributed by atoms with Crippen LogP contribution in [0.2, 0.25) is 0 Å². The van der Waals surface area contributed by atoms with Crippen LogP contribution in [0.3, 0.4) is 0 Å². The maximum absolute atomic E-state index is 12.5. The van der Waals surface area contributed by atoms with Gasteiger partial charge in [-0.25, -0.2) is 4.98 Å². The Kier molecular flexibility index (Phi) is 6.17. The van der Waals surface area contributed by atoms with Crippen LogP contribution >= 0.6 is 12.4 Å². The maximum atomic E-state index is 12.5. The molecule has 1 aromatic carbocycles. The van der Waals surface area contributed by atoms with Crippen LogP contribution in [0.15, 0.2) is 39.8 Å². The lowest BCUT2D eigenvalue weighted by molar-refractivity contribution is -0.121. The molecule has 0 bridgehead atoms. The smallest absolute Gasteiger partial charge is 0.297 e. The molecule has 0 unspecified atom stereocenters. The molecule has 7 nitrogen and oxygen atoms in total. The summed E-state index contributed by atoms with van der Waals surface area (Å²) < 4.78 is 6.86. The third-order valence-corrected chi connectivity index (χ3v) is 3.82. The third kappa shape index (κ3) is 4.00. The number of halogens is 1. The highest BCUT2D eigenvalue weighted by Gasteiger charge is 2.14. The van der Waals surface area contributed by atoms with Crippen molar-refractivity contribution in [1.29, 1.82) is 0 Å². The van der Waals surface area contributed by atoms with Crippen molar-refractivity contribution in [3.05, 3.63) is 40.9 Å². The van der Waals surface area contributed by atoms with Crippen LogP contribution in [0.4, 0.5) is 0 Å². The van der Waals surface area contributed by atoms with Gasteiger partial charge in [0.1, 0.15) is 17.6 Å². The normalized spacial score (nSPS) is 12.1. The standard InChI is InChI=1S/C17H20N4O3.ClH/c1-3-18-11(2)8-19-14(22)9-21-10-20-15-12-6-4-5-7-13(12)24-16(15)17(21)23;/h4-7,10-11,18H,3,8-9H2,1-2H3,(H,19,22);1H/t11-;/m1./s1. The average molecular weight is 365 g/mol. The Morgan fingerprint density at radius 3 is 2.88 bits per heavy atom. The van der Waals surface area contributed by atoms with Gasteiger partial charge in [-0.3, -0.25) is 14.2 Å². The zero-order valence-corrected chi connectivity index (χ0v) is 14.9. The number of benzene rings is 1. The van der Waals surface area contributed by atoms with E-state index in [-0.39, 0.29) is 42.0 Å². The summed E-state index contributed by atoms with van der Waals surface area (Å²) in [4.78, 5) is 28.8. The maximum Gasteiger partial charge on any atom is 0.297 e. The number of furan rings is 1. The van der Waals surface area contributed by atoms with Gasteiger partial charge in [-0.15, -0.1) is 12.4 Å². The van der Waals surface area contributed by atoms with Crippen LogP contribution in [0.25, 0.3) is 22.1 Å². The second-order valence-electron chi connectivity index (χ2n) is 5.72. The molecule has 0 saturated carbocycles. The van der Waals surface area contributed by atoms with E-state index in [9.17, 15) is 9.59 Å². The molecule has 2 aromatic heterocycles. The first kappa shape index (κ1) is 19.0. The lowest BCUT2D eigenvalue weighted by Crippen LogP contribution is -2.41. The topological polar surface area (TPSA) is 89.2 Å². The molecule has 0 aliphatic rings. The highest BCUT2D eigenvalue weighted by atomic mass is 35.5. The van der Waals surface area contributed by atoms with E-state index in [0.717, 1.165) is 11.9 Å². The molecule has 3 rings (SSSR count). The molecule has 8 heteroatoms. The minimum atomic E-state index is -0.355. The quantitative estimate of drug-likeness (QED) is 0.694. The van der Waals surface area contributed by atoms with Crippen LogP contribution in [-0.2, 0) is 11.3 Å². The number of nitrogens with one attached hydrogen (secondary N) is 2. The van der Waals surface area contributed by atoms with Gasteiger partial charge in [0.2, 0.25) is 11.5 Å². The fourth-order valence-electron chi connectivity index (χ4n) is 2.63. The van der Waals surface area contributed by atoms with E-state index in [1.807, 2.05) is 32.0 Å². The number of nitrogens with zero attached hydrogens (tertiary/aromatic N) is 2. The monoisotopic (exact) mass is 364 g/mol. The van der Waals surface area contributed by atoms with E-state index in [2.05, 4.69) is 15.6 Å². The van der Waals surface area contributed by atoms with Gasteiger partial charge in [0.25, 0.3) is 5.56 Å². The molecule has 0 aliphatic carbocycles. The number of aromatic nitrogens is 2. The summed E-state index contributed by atoms with van der Waals surface area (Å²) in [7, 11) is 0. The first-order chi connectivity index (χ1) is 11.6. The van der Waals surface area contributed by atoms with Gasteiger partial charge < -0.3 is 15.1 Å². The number of carbonyl (C=O) groups excluding carboxylic acids is 1. The molecule has 2 N–H and O–H groups in total. The lowest BCUT2D eigenvalue weighted by Gasteiger charge is -2.13. The van der Waals surface area contributed by atoms with Crippen LogP contribution < -0.4 is 16.2 Å². The molecule has 0 radical (unpaired) electrons. The zero-order valence-electron chi connectivity index (χ0n) is 14.1. The molecule has 0 saturated heterocycles. The molecule has 134 valence electrons. The summed E-state index contributed by atoms with van der Waals surface area (Å²) in [6.07, 6.45) is 1.39. The molecule has 0 spiro atoms. The number of hydrogen-bond donors (Lipinski definition) is 2. The fraction of sp³-hybridized carbons (Fsp3) is 0.353. The van der Waals surface area contributed by atoms with Crippen molar-refractivity contribution in [3.8, 4) is 0 Å². The Morgan fingerprint density at radius 1 is 1.36 bits per heavy atom. The number of fused-ring (bicyclic) bond motifs is 3. The van der Waals surface area contributed by atoms with Crippen LogP contribution in [-0.4, -0.2) is 34.6 Å². The van der Waals surface area contributed by atoms with Crippen molar-refractivity contribution in [3.63, 3.8) is 0 Å². The summed E-state index contributed by atoms with van der Waals surface area (Å²) in [6, 6.07) is 7.51. The van der Waals surface area contributed by atoms with Crippen LogP contribution in [0.5, 0.6) is 0 Å². The van der Waals surface area contributed by atoms with Crippen molar-refractivity contribution in [2.75, 3.05) is 13.1 Å². The minimum absolute atomic E-state index is 0. The van der Waals surface area contributed by atoms with Crippen LogP contribution in [0, 0.1) is 0 Å². The van der Waals surface area contributed by atoms with E-state index < -0.39 is 0 Å². The predicted molar refractivity (Wildman–Crippen MR) is 99.2 cm³/mol. The Hall–Kier alpha value is -2.38. The largest absolute Gasteiger partial charge is 0.448 e. The van der Waals surface area contributed by atoms with Crippen molar-refractivity contribution in [2.24, 2.45) is 0 Å². The molecular formula is C17H21ClN4O3. The van der Waals surface area contributed by atoms with E-state index in [4.69, 9.17) is 4.42 Å². The van der Waals surface area contributed by atoms with Gasteiger partial charge in [-0.05, 0) is 25.6 Å². The first-order valence-electron chi connectivity index (χ1n) is 7.97. The predicted octanol–water partition coefficient (Wildman–Crippen LogP) is 1.68. The zero-order chi connectivity index (χ0) is 17.1. The summed E-state index contributed by atoms with van der Waals surface area (Å²) >= 11 is 0. The molecule has 0 aliphatic heterocycles. The SMILES string of the molecule is CCN[C@H](C)CNC(=O)Cn1cnc2c(oc3ccccc32)c1=O.Cl. The number of hydrogen-bond acceptors (Lipinski definition) is 5. The summed E-state index contributed by atoms with van der Waals surface area (Å²) in [5, 5.41) is 6.79. The third-order valence-electron chi connectivity index (χ3n) is 3.82. The highest BCUT2D eigenvalue weighted by molar-refractivity contribution is 6.01. The van der Waals surface area contributed by atoms with Crippen molar-refractivity contribution in [2.45, 2.75) is 26.4 Å². The number of rotatable bonds is 6. The van der Waals surface area contributed by atoms with Crippen LogP contribution in [0.1, 0.15) is 13.8 Å². The highest BCUT2D eigenvalue weighted by Crippen LogP contribution is 2.23. The summed E-state index contributed by atoms with van der Waals surface area (Å²) in [6.45, 7) is 5.24. The molecule has 25 heavy (non-hydrogen) atoms. The van der Waals surface area contributed by atoms with E-state index in [1.54, 1.807) is 6.07 Å². The average Bonchev–Trinajstić information content (AvgIpc) is 2.95. The molecular weight excluding hydrogens is 344 g/mol. The second kappa shape index (κ2) is 8.13. The molecule has 1 atom stereocenters. The van der Waals surface area contributed by atoms with Gasteiger partial charge >= 0.3 is 0 Å². The van der Waals surface area contributed by atoms with E-state index >= 15 is 0 Å². The van der Waals surface area contributed by atoms with Gasteiger partial charge in [0.15, 0.2) is 0 Å². The Labute approximate surface area is 150 Å². The number of amides is 1. The molecule has 0 fully saturated rings. The van der Waals surface area contributed by atoms with E-state index in [0.29, 0.717) is 17.6 Å².